The van der Waals surface area contributed by atoms with E-state index in [9.17, 15) is 14.4 Å². The number of nitrogens with zero attached hydrogens (tertiary/aromatic N) is 2. The van der Waals surface area contributed by atoms with Crippen molar-refractivity contribution in [3.05, 3.63) is 80.0 Å². The lowest BCUT2D eigenvalue weighted by atomic mass is 10.1. The molecular formula is C20H19ClN2O3. The third-order valence-electron chi connectivity index (χ3n) is 4.34. The molecule has 0 aliphatic carbocycles. The molecule has 1 aromatic heterocycles. The van der Waals surface area contributed by atoms with Gasteiger partial charge in [-0.05, 0) is 42.8 Å². The first kappa shape index (κ1) is 18.1. The smallest absolute Gasteiger partial charge is 0.292 e. The molecule has 6 heteroatoms. The number of Topliss-reactive ketones (excluding diaryl/α,β-unsaturated/α-hetero) is 1. The normalized spacial score (nSPS) is 11.0. The minimum absolute atomic E-state index is 0.132. The van der Waals surface area contributed by atoms with Crippen LogP contribution in [0.4, 0.5) is 0 Å². The predicted octanol–water partition coefficient (Wildman–Crippen LogP) is 3.50. The van der Waals surface area contributed by atoms with E-state index in [1.54, 1.807) is 48.5 Å². The molecule has 2 aromatic carbocycles. The van der Waals surface area contributed by atoms with Crippen molar-refractivity contribution in [2.24, 2.45) is 0 Å². The number of rotatable bonds is 6. The van der Waals surface area contributed by atoms with Crippen LogP contribution in [-0.2, 0) is 13.1 Å². The van der Waals surface area contributed by atoms with Crippen LogP contribution in [-0.4, -0.2) is 14.9 Å². The van der Waals surface area contributed by atoms with Crippen LogP contribution in [0.1, 0.15) is 30.1 Å². The van der Waals surface area contributed by atoms with Gasteiger partial charge in [-0.15, -0.1) is 0 Å². The Morgan fingerprint density at radius 1 is 1.00 bits per heavy atom. The molecule has 1 heterocycles. The van der Waals surface area contributed by atoms with E-state index in [1.807, 2.05) is 6.92 Å². The fourth-order valence-electron chi connectivity index (χ4n) is 2.91. The van der Waals surface area contributed by atoms with Crippen molar-refractivity contribution in [2.75, 3.05) is 0 Å². The van der Waals surface area contributed by atoms with Crippen molar-refractivity contribution < 1.29 is 4.79 Å². The molecule has 3 rings (SSSR count). The molecule has 0 bridgehead atoms. The van der Waals surface area contributed by atoms with Crippen molar-refractivity contribution in [3.8, 4) is 0 Å². The van der Waals surface area contributed by atoms with Crippen LogP contribution >= 0.6 is 11.6 Å². The summed E-state index contributed by atoms with van der Waals surface area (Å²) in [6.45, 7) is 2.20. The fraction of sp³-hybridized carbons (Fsp3) is 0.250. The average molecular weight is 371 g/mol. The Hall–Kier alpha value is -2.66. The largest absolute Gasteiger partial charge is 0.331 e. The van der Waals surface area contributed by atoms with Gasteiger partial charge in [-0.2, -0.15) is 0 Å². The lowest BCUT2D eigenvalue weighted by Gasteiger charge is -2.13. The summed E-state index contributed by atoms with van der Waals surface area (Å²) in [6, 6.07) is 13.4. The first-order chi connectivity index (χ1) is 12.5. The number of unbranched alkanes of at least 4 members (excludes halogenated alkanes) is 1. The summed E-state index contributed by atoms with van der Waals surface area (Å²) in [4.78, 5) is 38.2. The number of carbonyl (C=O) groups excluding carboxylic acids is 1. The second-order valence-corrected chi connectivity index (χ2v) is 6.56. The Bertz CT molecular complexity index is 1070. The molecule has 3 aromatic rings. The van der Waals surface area contributed by atoms with Gasteiger partial charge in [0.1, 0.15) is 0 Å². The lowest BCUT2D eigenvalue weighted by molar-refractivity contribution is 0.0971. The van der Waals surface area contributed by atoms with Gasteiger partial charge in [0.2, 0.25) is 0 Å². The highest BCUT2D eigenvalue weighted by Crippen LogP contribution is 2.12. The molecule has 0 radical (unpaired) electrons. The van der Waals surface area contributed by atoms with Crippen molar-refractivity contribution >= 4 is 28.3 Å². The van der Waals surface area contributed by atoms with Crippen molar-refractivity contribution in [1.82, 2.24) is 9.13 Å². The minimum atomic E-state index is -0.454. The summed E-state index contributed by atoms with van der Waals surface area (Å²) in [5.41, 5.74) is 0.174. The zero-order valence-corrected chi connectivity index (χ0v) is 15.2. The summed E-state index contributed by atoms with van der Waals surface area (Å²) in [5.74, 6) is -0.213. The van der Waals surface area contributed by atoms with E-state index in [-0.39, 0.29) is 17.9 Å². The second kappa shape index (κ2) is 7.70. The van der Waals surface area contributed by atoms with E-state index < -0.39 is 5.69 Å². The van der Waals surface area contributed by atoms with Crippen LogP contribution in [0.3, 0.4) is 0 Å². The number of para-hydroxylation sites is 1. The number of carbonyl (C=O) groups is 1. The van der Waals surface area contributed by atoms with E-state index in [1.165, 1.54) is 9.13 Å². The van der Waals surface area contributed by atoms with Crippen LogP contribution in [0.5, 0.6) is 0 Å². The van der Waals surface area contributed by atoms with Gasteiger partial charge in [0, 0.05) is 17.1 Å². The third-order valence-corrected chi connectivity index (χ3v) is 4.59. The Labute approximate surface area is 155 Å². The molecule has 0 spiro atoms. The summed E-state index contributed by atoms with van der Waals surface area (Å²) in [7, 11) is 0. The first-order valence-electron chi connectivity index (χ1n) is 8.54. The molecule has 0 saturated carbocycles. The maximum atomic E-state index is 12.9. The summed E-state index contributed by atoms with van der Waals surface area (Å²) >= 11 is 5.86. The lowest BCUT2D eigenvalue weighted by Crippen LogP contribution is -2.41. The summed E-state index contributed by atoms with van der Waals surface area (Å²) in [6.07, 6.45) is 1.58. The van der Waals surface area contributed by atoms with Gasteiger partial charge < -0.3 is 0 Å². The zero-order chi connectivity index (χ0) is 18.7. The Balaban J connectivity index is 2.12. The molecule has 0 atom stereocenters. The van der Waals surface area contributed by atoms with Crippen molar-refractivity contribution in [2.45, 2.75) is 32.9 Å². The molecule has 0 aliphatic heterocycles. The molecule has 0 N–H and O–H groups in total. The van der Waals surface area contributed by atoms with E-state index in [2.05, 4.69) is 0 Å². The van der Waals surface area contributed by atoms with Crippen LogP contribution in [0.25, 0.3) is 10.9 Å². The van der Waals surface area contributed by atoms with Gasteiger partial charge in [-0.1, -0.05) is 37.1 Å². The molecule has 134 valence electrons. The summed E-state index contributed by atoms with van der Waals surface area (Å²) < 4.78 is 2.60. The standard InChI is InChI=1S/C20H19ClN2O3/c1-2-3-12-22-19(25)16-6-4-5-7-17(16)23(20(22)26)13-18(24)14-8-10-15(21)11-9-14/h4-11H,2-3,12-13H2,1H3. The number of hydrogen-bond acceptors (Lipinski definition) is 3. The number of ketones is 1. The maximum Gasteiger partial charge on any atom is 0.331 e. The van der Waals surface area contributed by atoms with Crippen molar-refractivity contribution in [3.63, 3.8) is 0 Å². The number of halogens is 1. The van der Waals surface area contributed by atoms with E-state index in [0.29, 0.717) is 28.0 Å². The number of hydrogen-bond donors (Lipinski definition) is 0. The van der Waals surface area contributed by atoms with Crippen LogP contribution < -0.4 is 11.2 Å². The van der Waals surface area contributed by atoms with E-state index >= 15 is 0 Å². The maximum absolute atomic E-state index is 12.9. The van der Waals surface area contributed by atoms with E-state index in [4.69, 9.17) is 11.6 Å². The van der Waals surface area contributed by atoms with Crippen LogP contribution in [0.15, 0.2) is 58.1 Å². The molecule has 26 heavy (non-hydrogen) atoms. The number of aromatic nitrogens is 2. The summed E-state index contributed by atoms with van der Waals surface area (Å²) in [5, 5.41) is 0.976. The highest BCUT2D eigenvalue weighted by molar-refractivity contribution is 6.30. The van der Waals surface area contributed by atoms with Gasteiger partial charge >= 0.3 is 5.69 Å². The molecule has 0 unspecified atom stereocenters. The second-order valence-electron chi connectivity index (χ2n) is 6.13. The van der Waals surface area contributed by atoms with Gasteiger partial charge in [0.15, 0.2) is 5.78 Å². The molecule has 5 nitrogen and oxygen atoms in total. The molecule has 0 amide bonds. The Morgan fingerprint density at radius 2 is 1.69 bits per heavy atom. The quantitative estimate of drug-likeness (QED) is 0.624. The predicted molar refractivity (Wildman–Crippen MR) is 103 cm³/mol. The minimum Gasteiger partial charge on any atom is -0.292 e. The Morgan fingerprint density at radius 3 is 2.38 bits per heavy atom. The topological polar surface area (TPSA) is 61.1 Å². The van der Waals surface area contributed by atoms with Gasteiger partial charge in [0.05, 0.1) is 17.4 Å². The van der Waals surface area contributed by atoms with Gasteiger partial charge in [0.25, 0.3) is 5.56 Å². The SMILES string of the molecule is CCCCn1c(=O)c2ccccc2n(CC(=O)c2ccc(Cl)cc2)c1=O. The van der Waals surface area contributed by atoms with Crippen LogP contribution in [0.2, 0.25) is 5.02 Å². The first-order valence-corrected chi connectivity index (χ1v) is 8.92. The third kappa shape index (κ3) is 3.48. The monoisotopic (exact) mass is 370 g/mol. The fourth-order valence-corrected chi connectivity index (χ4v) is 3.03. The van der Waals surface area contributed by atoms with Gasteiger partial charge in [-0.25, -0.2) is 4.79 Å². The molecular weight excluding hydrogens is 352 g/mol. The molecule has 0 saturated heterocycles. The number of fused-ring (bicyclic) bond motifs is 1. The highest BCUT2D eigenvalue weighted by atomic mass is 35.5. The average Bonchev–Trinajstić information content (AvgIpc) is 2.65. The zero-order valence-electron chi connectivity index (χ0n) is 14.4. The Kier molecular flexibility index (Phi) is 5.38. The molecule has 0 fully saturated rings. The van der Waals surface area contributed by atoms with Crippen molar-refractivity contribution in [1.29, 1.82) is 0 Å². The highest BCUT2D eigenvalue weighted by Gasteiger charge is 2.15. The molecule has 0 aliphatic rings. The number of benzene rings is 2. The van der Waals surface area contributed by atoms with E-state index in [0.717, 1.165) is 12.8 Å². The van der Waals surface area contributed by atoms with Crippen LogP contribution in [0, 0.1) is 0 Å². The van der Waals surface area contributed by atoms with Gasteiger partial charge in [-0.3, -0.25) is 18.7 Å².